The minimum atomic E-state index is -0.200. The molecule has 1 saturated heterocycles. The molecule has 0 aliphatic carbocycles. The maximum absolute atomic E-state index is 13.5. The van der Waals surface area contributed by atoms with Crippen molar-refractivity contribution in [2.45, 2.75) is 0 Å². The van der Waals surface area contributed by atoms with Crippen molar-refractivity contribution in [3.63, 3.8) is 0 Å². The summed E-state index contributed by atoms with van der Waals surface area (Å²) < 4.78 is 17.5. The number of pyridine rings is 3. The van der Waals surface area contributed by atoms with E-state index in [4.69, 9.17) is 19.4 Å². The summed E-state index contributed by atoms with van der Waals surface area (Å²) in [4.78, 5) is 46.6. The minimum absolute atomic E-state index is 0.00724. The molecule has 0 unspecified atom stereocenters. The van der Waals surface area contributed by atoms with Crippen molar-refractivity contribution in [1.82, 2.24) is 46.1 Å². The molecule has 16 heteroatoms. The molecule has 3 aliphatic heterocycles. The van der Waals surface area contributed by atoms with Gasteiger partial charge in [-0.05, 0) is 83.0 Å². The fourth-order valence-electron chi connectivity index (χ4n) is 9.56. The quantitative estimate of drug-likeness (QED) is 0.0565. The van der Waals surface area contributed by atoms with Crippen molar-refractivity contribution in [2.24, 2.45) is 21.1 Å². The van der Waals surface area contributed by atoms with E-state index in [0.29, 0.717) is 51.6 Å². The fraction of sp³-hybridized carbons (Fsp3) is 0.271. The molecule has 75 heavy (non-hydrogen) atoms. The SMILES string of the molecule is C[n+]1ccc(-c2c3nc(c(-c4cc[n+](C)cc4)c4ccc([nH]4)c(-c4cc[n+](C)cc4)c4nc(c(-c5ccc(C(=O)NCCOCCOCCNC(=O)CN6CCNCCNCC6)cc5)c5ccc2[nH]5)C=C4)C=C3)cc1. The summed E-state index contributed by atoms with van der Waals surface area (Å²) in [5, 5.41) is 12.7. The van der Waals surface area contributed by atoms with E-state index in [-0.39, 0.29) is 11.8 Å². The van der Waals surface area contributed by atoms with Gasteiger partial charge in [0.15, 0.2) is 37.2 Å². The molecule has 382 valence electrons. The number of carbonyl (C=O) groups is 2. The number of fused-ring (bicyclic) bond motifs is 8. The normalized spacial score (nSPS) is 13.8. The Balaban J connectivity index is 0.911. The van der Waals surface area contributed by atoms with Gasteiger partial charge in [0.05, 0.1) is 55.7 Å². The van der Waals surface area contributed by atoms with E-state index in [1.165, 1.54) is 0 Å². The Morgan fingerprint density at radius 2 is 0.867 bits per heavy atom. The zero-order valence-corrected chi connectivity index (χ0v) is 42.9. The Labute approximate surface area is 436 Å². The van der Waals surface area contributed by atoms with Crippen LogP contribution in [0.3, 0.4) is 0 Å². The first kappa shape index (κ1) is 50.5. The van der Waals surface area contributed by atoms with Crippen molar-refractivity contribution < 1.29 is 32.8 Å². The third-order valence-corrected chi connectivity index (χ3v) is 13.5. The molecular formula is C59H65N12O4+3. The second-order valence-electron chi connectivity index (χ2n) is 18.9. The van der Waals surface area contributed by atoms with Gasteiger partial charge in [-0.25, -0.2) is 23.7 Å². The maximum Gasteiger partial charge on any atom is 0.251 e. The van der Waals surface area contributed by atoms with Crippen LogP contribution in [-0.2, 0) is 35.4 Å². The molecule has 9 heterocycles. The van der Waals surface area contributed by atoms with Gasteiger partial charge in [0.25, 0.3) is 5.91 Å². The molecule has 0 spiro atoms. The number of aromatic nitrogens is 7. The second-order valence-corrected chi connectivity index (χ2v) is 18.9. The number of hydrogen-bond donors (Lipinski definition) is 6. The first-order valence-electron chi connectivity index (χ1n) is 25.7. The Morgan fingerprint density at radius 3 is 1.27 bits per heavy atom. The summed E-state index contributed by atoms with van der Waals surface area (Å²) in [7, 11) is 6.05. The number of H-pyrrole nitrogens is 2. The van der Waals surface area contributed by atoms with Crippen LogP contribution in [0.5, 0.6) is 0 Å². The highest BCUT2D eigenvalue weighted by Crippen LogP contribution is 2.38. The zero-order chi connectivity index (χ0) is 51.5. The highest BCUT2D eigenvalue weighted by atomic mass is 16.5. The number of hydrogen-bond acceptors (Lipinski definition) is 9. The van der Waals surface area contributed by atoms with Crippen LogP contribution in [0.25, 0.3) is 90.9 Å². The van der Waals surface area contributed by atoms with Crippen molar-refractivity contribution in [2.75, 3.05) is 85.3 Å². The lowest BCUT2D eigenvalue weighted by Crippen LogP contribution is -2.42. The largest absolute Gasteiger partial charge is 0.377 e. The first-order chi connectivity index (χ1) is 36.7. The Kier molecular flexibility index (Phi) is 16.1. The molecule has 6 N–H and O–H groups in total. The molecule has 0 saturated carbocycles. The number of nitrogens with one attached hydrogen (secondary N) is 6. The third kappa shape index (κ3) is 12.3. The van der Waals surface area contributed by atoms with E-state index < -0.39 is 0 Å². The van der Waals surface area contributed by atoms with Crippen molar-refractivity contribution in [3.8, 4) is 44.5 Å². The second kappa shape index (κ2) is 23.9. The Bertz CT molecular complexity index is 3330. The van der Waals surface area contributed by atoms with Crippen LogP contribution in [0.2, 0.25) is 0 Å². The standard InChI is InChI=1S/C59H62N12O4/c1-68-28-16-42(17-29-68)56-48-10-8-46(64-48)55(41-4-6-45(7-5-41)59(73)63-27-37-75-39-38-74-36-26-62-54(72)40-71-34-24-60-22-23-61-25-35-71)47-9-11-49(65-47)57(43-18-30-69(2)31-19-43)51-13-15-53(67-51)58(52-14-12-50(56)66-52)44-20-32-70(3)33-21-44/h4-21,28-33,60-61H,22-27,34-40H2,1-3H3,(H-2,62,63,64,65,66,67,72,73)/p+3. The number of amides is 2. The van der Waals surface area contributed by atoms with E-state index in [1.54, 1.807) is 0 Å². The van der Waals surface area contributed by atoms with Crippen LogP contribution >= 0.6 is 0 Å². The lowest BCUT2D eigenvalue weighted by atomic mass is 10.0. The number of benzene rings is 1. The molecular weight excluding hydrogens is 941 g/mol. The fourth-order valence-corrected chi connectivity index (χ4v) is 9.56. The van der Waals surface area contributed by atoms with Crippen LogP contribution in [-0.4, -0.2) is 122 Å². The summed E-state index contributed by atoms with van der Waals surface area (Å²) in [6, 6.07) is 28.9. The van der Waals surface area contributed by atoms with E-state index in [9.17, 15) is 9.59 Å². The molecule has 8 bridgehead atoms. The number of rotatable bonds is 16. The summed E-state index contributed by atoms with van der Waals surface area (Å²) >= 11 is 0. The number of nitrogens with zero attached hydrogens (tertiary/aromatic N) is 6. The van der Waals surface area contributed by atoms with Gasteiger partial charge in [-0.3, -0.25) is 14.5 Å². The summed E-state index contributed by atoms with van der Waals surface area (Å²) in [6.07, 6.45) is 20.7. The Hall–Kier alpha value is -7.99. The lowest BCUT2D eigenvalue weighted by Gasteiger charge is -2.20. The van der Waals surface area contributed by atoms with Crippen molar-refractivity contribution >= 4 is 58.2 Å². The number of ether oxygens (including phenoxy) is 2. The van der Waals surface area contributed by atoms with Gasteiger partial charge in [-0.1, -0.05) is 12.1 Å². The van der Waals surface area contributed by atoms with E-state index >= 15 is 0 Å². The molecule has 1 fully saturated rings. The van der Waals surface area contributed by atoms with Gasteiger partial charge in [-0.2, -0.15) is 0 Å². The molecule has 2 amide bonds. The number of aryl methyl sites for hydroxylation is 3. The van der Waals surface area contributed by atoms with E-state index in [0.717, 1.165) is 129 Å². The summed E-state index contributed by atoms with van der Waals surface area (Å²) in [5.41, 5.74) is 15.1. The molecule has 3 aliphatic rings. The summed E-state index contributed by atoms with van der Waals surface area (Å²) in [5.74, 6) is -0.207. The highest BCUT2D eigenvalue weighted by molar-refractivity contribution is 6.00. The van der Waals surface area contributed by atoms with Gasteiger partial charge in [-0.15, -0.1) is 0 Å². The lowest BCUT2D eigenvalue weighted by molar-refractivity contribution is -0.671. The van der Waals surface area contributed by atoms with Crippen molar-refractivity contribution in [3.05, 3.63) is 150 Å². The van der Waals surface area contributed by atoms with Crippen LogP contribution in [0.4, 0.5) is 0 Å². The van der Waals surface area contributed by atoms with Gasteiger partial charge < -0.3 is 40.7 Å². The first-order valence-corrected chi connectivity index (χ1v) is 25.7. The average Bonchev–Trinajstić information content (AvgIpc) is 4.28. The van der Waals surface area contributed by atoms with Crippen LogP contribution in [0.15, 0.2) is 122 Å². The molecule has 0 atom stereocenters. The molecule has 16 nitrogen and oxygen atoms in total. The van der Waals surface area contributed by atoms with E-state index in [2.05, 4.69) is 133 Å². The predicted octanol–water partition coefficient (Wildman–Crippen LogP) is 5.17. The molecule has 6 aromatic heterocycles. The monoisotopic (exact) mass is 1010 g/mol. The number of carbonyl (C=O) groups excluding carboxylic acids is 2. The van der Waals surface area contributed by atoms with Gasteiger partial charge in [0, 0.05) is 139 Å². The molecule has 1 aromatic carbocycles. The Morgan fingerprint density at radius 1 is 0.493 bits per heavy atom. The third-order valence-electron chi connectivity index (χ3n) is 13.5. The predicted molar refractivity (Wildman–Crippen MR) is 293 cm³/mol. The van der Waals surface area contributed by atoms with Crippen LogP contribution < -0.4 is 35.0 Å². The van der Waals surface area contributed by atoms with E-state index in [1.807, 2.05) is 83.9 Å². The molecule has 10 rings (SSSR count). The van der Waals surface area contributed by atoms with Crippen LogP contribution in [0.1, 0.15) is 33.1 Å². The van der Waals surface area contributed by atoms with Crippen LogP contribution in [0, 0.1) is 0 Å². The van der Waals surface area contributed by atoms with Gasteiger partial charge in [0.1, 0.15) is 21.1 Å². The highest BCUT2D eigenvalue weighted by Gasteiger charge is 2.21. The summed E-state index contributed by atoms with van der Waals surface area (Å²) in [6.45, 7) is 7.92. The molecule has 0 radical (unpaired) electrons. The number of aromatic amines is 2. The topological polar surface area (TPSA) is 173 Å². The van der Waals surface area contributed by atoms with Crippen molar-refractivity contribution in [1.29, 1.82) is 0 Å². The smallest absolute Gasteiger partial charge is 0.251 e. The molecule has 7 aromatic rings. The zero-order valence-electron chi connectivity index (χ0n) is 42.9. The minimum Gasteiger partial charge on any atom is -0.377 e. The average molecular weight is 1010 g/mol. The van der Waals surface area contributed by atoms with Gasteiger partial charge in [0.2, 0.25) is 5.91 Å². The maximum atomic E-state index is 13.5. The van der Waals surface area contributed by atoms with Gasteiger partial charge >= 0.3 is 0 Å².